The Hall–Kier alpha value is -2.12. The van der Waals surface area contributed by atoms with Crippen LogP contribution in [0.1, 0.15) is 16.1 Å². The second kappa shape index (κ2) is 5.03. The molecule has 5 heteroatoms. The fraction of sp³-hybridized carbons (Fsp3) is 0.154. The lowest BCUT2D eigenvalue weighted by molar-refractivity contribution is 0.0554. The van der Waals surface area contributed by atoms with E-state index >= 15 is 0 Å². The van der Waals surface area contributed by atoms with Crippen molar-refractivity contribution in [2.24, 2.45) is 0 Å². The lowest BCUT2D eigenvalue weighted by Gasteiger charge is -2.06. The molecule has 0 aliphatic rings. The monoisotopic (exact) mass is 260 g/mol. The van der Waals surface area contributed by atoms with Crippen molar-refractivity contribution in [3.63, 3.8) is 0 Å². The molecule has 0 atom stereocenters. The van der Waals surface area contributed by atoms with Crippen molar-refractivity contribution in [1.82, 2.24) is 4.98 Å². The quantitative estimate of drug-likeness (QED) is 0.779. The number of aryl methyl sites for hydroxylation is 1. The Morgan fingerprint density at radius 1 is 1.50 bits per heavy atom. The standard InChI is InChI=1S/C13H9ClN2O2/c1-8-11(13(17)18-5-4-15)7-9-6-10(14)2-3-12(9)16-8/h2-3,6-7H,5H2,1H3. The van der Waals surface area contributed by atoms with Gasteiger partial charge in [0.1, 0.15) is 6.07 Å². The number of fused-ring (bicyclic) bond motifs is 1. The van der Waals surface area contributed by atoms with Crippen LogP contribution in [-0.4, -0.2) is 17.6 Å². The highest BCUT2D eigenvalue weighted by molar-refractivity contribution is 6.31. The highest BCUT2D eigenvalue weighted by Gasteiger charge is 2.13. The molecule has 0 radical (unpaired) electrons. The zero-order chi connectivity index (χ0) is 13.1. The van der Waals surface area contributed by atoms with Crippen LogP contribution in [0.25, 0.3) is 10.9 Å². The number of nitriles is 1. The van der Waals surface area contributed by atoms with E-state index in [1.54, 1.807) is 37.3 Å². The van der Waals surface area contributed by atoms with E-state index in [2.05, 4.69) is 4.98 Å². The van der Waals surface area contributed by atoms with Gasteiger partial charge in [0.25, 0.3) is 0 Å². The van der Waals surface area contributed by atoms with Crippen LogP contribution in [0.4, 0.5) is 0 Å². The number of carbonyl (C=O) groups excluding carboxylic acids is 1. The molecule has 2 aromatic rings. The number of benzene rings is 1. The number of ether oxygens (including phenoxy) is 1. The Morgan fingerprint density at radius 3 is 3.00 bits per heavy atom. The van der Waals surface area contributed by atoms with Crippen LogP contribution in [0.15, 0.2) is 24.3 Å². The summed E-state index contributed by atoms with van der Waals surface area (Å²) in [6.07, 6.45) is 0. The van der Waals surface area contributed by atoms with E-state index in [0.29, 0.717) is 16.3 Å². The number of halogens is 1. The average molecular weight is 261 g/mol. The summed E-state index contributed by atoms with van der Waals surface area (Å²) in [6.45, 7) is 1.45. The number of hydrogen-bond acceptors (Lipinski definition) is 4. The van der Waals surface area contributed by atoms with Crippen LogP contribution in [0.3, 0.4) is 0 Å². The third-order valence-corrected chi connectivity index (χ3v) is 2.69. The second-order valence-electron chi connectivity index (χ2n) is 3.69. The Kier molecular flexibility index (Phi) is 3.45. The number of carbonyl (C=O) groups is 1. The largest absolute Gasteiger partial charge is 0.447 e. The van der Waals surface area contributed by atoms with Gasteiger partial charge in [-0.3, -0.25) is 4.98 Å². The number of hydrogen-bond donors (Lipinski definition) is 0. The molecule has 0 unspecified atom stereocenters. The predicted octanol–water partition coefficient (Wildman–Crippen LogP) is 2.88. The van der Waals surface area contributed by atoms with E-state index in [9.17, 15) is 4.79 Å². The van der Waals surface area contributed by atoms with Crippen LogP contribution in [-0.2, 0) is 4.74 Å². The number of esters is 1. The molecule has 1 aromatic heterocycles. The summed E-state index contributed by atoms with van der Waals surface area (Å²) < 4.78 is 4.76. The van der Waals surface area contributed by atoms with E-state index < -0.39 is 5.97 Å². The molecule has 2 rings (SSSR count). The van der Waals surface area contributed by atoms with Crippen LogP contribution in [0.2, 0.25) is 5.02 Å². The molecule has 90 valence electrons. The van der Waals surface area contributed by atoms with Gasteiger partial charge in [-0.25, -0.2) is 4.79 Å². The second-order valence-corrected chi connectivity index (χ2v) is 4.13. The molecular weight excluding hydrogens is 252 g/mol. The molecular formula is C13H9ClN2O2. The lowest BCUT2D eigenvalue weighted by Crippen LogP contribution is -2.08. The molecule has 0 aliphatic heterocycles. The first-order valence-corrected chi connectivity index (χ1v) is 5.60. The third-order valence-electron chi connectivity index (χ3n) is 2.46. The molecule has 0 spiro atoms. The first kappa shape index (κ1) is 12.3. The molecule has 0 saturated heterocycles. The smallest absolute Gasteiger partial charge is 0.341 e. The first-order chi connectivity index (χ1) is 8.61. The van der Waals surface area contributed by atoms with Crippen molar-refractivity contribution in [2.45, 2.75) is 6.92 Å². The Bertz CT molecular complexity index is 662. The number of nitrogens with zero attached hydrogens (tertiary/aromatic N) is 2. The minimum absolute atomic E-state index is 0.272. The highest BCUT2D eigenvalue weighted by Crippen LogP contribution is 2.21. The van der Waals surface area contributed by atoms with Crippen molar-refractivity contribution in [3.05, 3.63) is 40.5 Å². The molecule has 0 aliphatic carbocycles. The normalized spacial score (nSPS) is 10.1. The minimum atomic E-state index is -0.552. The van der Waals surface area contributed by atoms with Gasteiger partial charge in [-0.1, -0.05) is 11.6 Å². The molecule has 18 heavy (non-hydrogen) atoms. The average Bonchev–Trinajstić information content (AvgIpc) is 2.35. The van der Waals surface area contributed by atoms with Crippen LogP contribution in [0.5, 0.6) is 0 Å². The Morgan fingerprint density at radius 2 is 2.28 bits per heavy atom. The fourth-order valence-electron chi connectivity index (χ4n) is 1.63. The summed E-state index contributed by atoms with van der Waals surface area (Å²) in [7, 11) is 0. The van der Waals surface area contributed by atoms with Gasteiger partial charge < -0.3 is 4.74 Å². The molecule has 0 bridgehead atoms. The summed E-state index contributed by atoms with van der Waals surface area (Å²) >= 11 is 5.89. The zero-order valence-corrected chi connectivity index (χ0v) is 10.4. The SMILES string of the molecule is Cc1nc2ccc(Cl)cc2cc1C(=O)OCC#N. The molecule has 4 nitrogen and oxygen atoms in total. The predicted molar refractivity (Wildman–Crippen MR) is 67.4 cm³/mol. The maximum absolute atomic E-state index is 11.7. The molecule has 0 N–H and O–H groups in total. The highest BCUT2D eigenvalue weighted by atomic mass is 35.5. The van der Waals surface area contributed by atoms with Crippen molar-refractivity contribution >= 4 is 28.5 Å². The molecule has 0 fully saturated rings. The zero-order valence-electron chi connectivity index (χ0n) is 9.61. The van der Waals surface area contributed by atoms with Gasteiger partial charge >= 0.3 is 5.97 Å². The summed E-state index contributed by atoms with van der Waals surface area (Å²) in [4.78, 5) is 16.0. The van der Waals surface area contributed by atoms with E-state index in [4.69, 9.17) is 21.6 Å². The van der Waals surface area contributed by atoms with E-state index in [-0.39, 0.29) is 6.61 Å². The first-order valence-electron chi connectivity index (χ1n) is 5.23. The van der Waals surface area contributed by atoms with Crippen molar-refractivity contribution in [1.29, 1.82) is 5.26 Å². The molecule has 0 saturated carbocycles. The van der Waals surface area contributed by atoms with Gasteiger partial charge in [0.15, 0.2) is 6.61 Å². The van der Waals surface area contributed by atoms with Gasteiger partial charge in [-0.2, -0.15) is 5.26 Å². The van der Waals surface area contributed by atoms with Gasteiger partial charge in [0, 0.05) is 10.4 Å². The van der Waals surface area contributed by atoms with Crippen LogP contribution >= 0.6 is 11.6 Å². The van der Waals surface area contributed by atoms with Crippen molar-refractivity contribution < 1.29 is 9.53 Å². The van der Waals surface area contributed by atoms with E-state index in [1.807, 2.05) is 0 Å². The Balaban J connectivity index is 2.48. The number of aromatic nitrogens is 1. The van der Waals surface area contributed by atoms with Crippen LogP contribution in [0, 0.1) is 18.3 Å². The van der Waals surface area contributed by atoms with Gasteiger partial charge in [-0.05, 0) is 31.2 Å². The summed E-state index contributed by atoms with van der Waals surface area (Å²) in [5.41, 5.74) is 1.67. The summed E-state index contributed by atoms with van der Waals surface area (Å²) in [5, 5.41) is 9.71. The summed E-state index contributed by atoms with van der Waals surface area (Å²) in [5.74, 6) is -0.552. The molecule has 1 heterocycles. The van der Waals surface area contributed by atoms with Crippen molar-refractivity contribution in [2.75, 3.05) is 6.61 Å². The topological polar surface area (TPSA) is 63.0 Å². The summed E-state index contributed by atoms with van der Waals surface area (Å²) in [6, 6.07) is 8.67. The van der Waals surface area contributed by atoms with Crippen LogP contribution < -0.4 is 0 Å². The Labute approximate surface area is 109 Å². The maximum atomic E-state index is 11.7. The van der Waals surface area contributed by atoms with Gasteiger partial charge in [0.05, 0.1) is 16.8 Å². The maximum Gasteiger partial charge on any atom is 0.341 e. The lowest BCUT2D eigenvalue weighted by atomic mass is 10.1. The minimum Gasteiger partial charge on any atom is -0.447 e. The molecule has 0 amide bonds. The van der Waals surface area contributed by atoms with Gasteiger partial charge in [0.2, 0.25) is 0 Å². The van der Waals surface area contributed by atoms with Gasteiger partial charge in [-0.15, -0.1) is 0 Å². The van der Waals surface area contributed by atoms with Crippen molar-refractivity contribution in [3.8, 4) is 6.07 Å². The number of pyridine rings is 1. The van der Waals surface area contributed by atoms with E-state index in [1.165, 1.54) is 0 Å². The molecule has 1 aromatic carbocycles. The van der Waals surface area contributed by atoms with E-state index in [0.717, 1.165) is 10.9 Å². The number of rotatable bonds is 2. The fourth-order valence-corrected chi connectivity index (χ4v) is 1.81. The third kappa shape index (κ3) is 2.41.